The number of sulfonamides is 1. The number of aromatic nitrogens is 1. The number of carbonyl (C=O) groups is 2. The Labute approximate surface area is 202 Å². The lowest BCUT2D eigenvalue weighted by molar-refractivity contribution is -0.193. The Balaban J connectivity index is 0.000000383. The van der Waals surface area contributed by atoms with E-state index in [0.29, 0.717) is 13.2 Å². The molecule has 1 aromatic rings. The Kier molecular flexibility index (Phi) is 11.1. The molecule has 2 saturated heterocycles. The summed E-state index contributed by atoms with van der Waals surface area (Å²) < 4.78 is 94.3. The molecular formula is C19H25F6N3O7S. The van der Waals surface area contributed by atoms with E-state index in [9.17, 15) is 34.8 Å². The van der Waals surface area contributed by atoms with Crippen LogP contribution in [-0.2, 0) is 30.9 Å². The largest absolute Gasteiger partial charge is 0.490 e. The molecular weight excluding hydrogens is 528 g/mol. The highest BCUT2D eigenvalue weighted by atomic mass is 32.2. The Bertz CT molecular complexity index is 934. The van der Waals surface area contributed by atoms with Crippen molar-refractivity contribution in [1.29, 1.82) is 0 Å². The molecule has 2 aliphatic heterocycles. The zero-order valence-corrected chi connectivity index (χ0v) is 19.7. The van der Waals surface area contributed by atoms with Crippen molar-refractivity contribution in [2.75, 3.05) is 32.5 Å². The van der Waals surface area contributed by atoms with Crippen LogP contribution in [0.1, 0.15) is 18.4 Å². The predicted octanol–water partition coefficient (Wildman–Crippen LogP) is 1.88. The number of aliphatic carboxylic acids is 2. The summed E-state index contributed by atoms with van der Waals surface area (Å²) in [6.07, 6.45) is -3.26. The zero-order chi connectivity index (χ0) is 27.8. The number of pyridine rings is 1. The smallest absolute Gasteiger partial charge is 0.475 e. The summed E-state index contributed by atoms with van der Waals surface area (Å²) in [5, 5.41) is 14.2. The molecule has 0 radical (unpaired) electrons. The average molecular weight is 553 g/mol. The van der Waals surface area contributed by atoms with E-state index in [1.807, 2.05) is 12.3 Å². The van der Waals surface area contributed by atoms with Crippen molar-refractivity contribution in [1.82, 2.24) is 14.6 Å². The number of halogens is 6. The third-order valence-electron chi connectivity index (χ3n) is 4.91. The van der Waals surface area contributed by atoms with Crippen molar-refractivity contribution in [3.63, 3.8) is 0 Å². The molecule has 17 heteroatoms. The predicted molar refractivity (Wildman–Crippen MR) is 111 cm³/mol. The van der Waals surface area contributed by atoms with Gasteiger partial charge in [0.05, 0.1) is 18.5 Å². The maximum atomic E-state index is 11.1. The lowest BCUT2D eigenvalue weighted by atomic mass is 9.83. The van der Waals surface area contributed by atoms with Gasteiger partial charge in [0.15, 0.2) is 0 Å². The average Bonchev–Trinajstić information content (AvgIpc) is 2.72. The Hall–Kier alpha value is -2.50. The molecule has 1 aromatic heterocycles. The molecule has 36 heavy (non-hydrogen) atoms. The van der Waals surface area contributed by atoms with Gasteiger partial charge in [-0.1, -0.05) is 6.07 Å². The molecule has 1 unspecified atom stereocenters. The monoisotopic (exact) mass is 553 g/mol. The first-order valence-corrected chi connectivity index (χ1v) is 12.0. The molecule has 10 nitrogen and oxygen atoms in total. The van der Waals surface area contributed by atoms with E-state index in [2.05, 4.69) is 20.7 Å². The van der Waals surface area contributed by atoms with Crippen molar-refractivity contribution >= 4 is 22.0 Å². The van der Waals surface area contributed by atoms with Crippen molar-refractivity contribution in [3.05, 3.63) is 30.1 Å². The zero-order valence-electron chi connectivity index (χ0n) is 18.8. The first-order chi connectivity index (χ1) is 16.3. The fraction of sp³-hybridized carbons (Fsp3) is 0.632. The molecule has 2 aliphatic rings. The maximum Gasteiger partial charge on any atom is 0.490 e. The lowest BCUT2D eigenvalue weighted by Crippen LogP contribution is -2.64. The van der Waals surface area contributed by atoms with Crippen LogP contribution >= 0.6 is 0 Å². The number of hydrogen-bond acceptors (Lipinski definition) is 7. The van der Waals surface area contributed by atoms with Gasteiger partial charge in [0, 0.05) is 38.6 Å². The third kappa shape index (κ3) is 12.0. The van der Waals surface area contributed by atoms with Crippen LogP contribution in [0.5, 0.6) is 0 Å². The second kappa shape index (κ2) is 12.6. The molecule has 3 heterocycles. The first kappa shape index (κ1) is 31.5. The van der Waals surface area contributed by atoms with Crippen molar-refractivity contribution in [3.8, 4) is 0 Å². The van der Waals surface area contributed by atoms with Crippen LogP contribution in [0.15, 0.2) is 24.5 Å². The van der Waals surface area contributed by atoms with Crippen LogP contribution in [-0.4, -0.2) is 90.9 Å². The number of nitrogens with one attached hydrogen (secondary N) is 1. The number of ether oxygens (including phenoxy) is 1. The van der Waals surface area contributed by atoms with E-state index < -0.39 is 34.3 Å². The summed E-state index contributed by atoms with van der Waals surface area (Å²) >= 11 is 0. The molecule has 3 rings (SSSR count). The highest BCUT2D eigenvalue weighted by Crippen LogP contribution is 2.36. The molecule has 0 amide bonds. The van der Waals surface area contributed by atoms with Crippen LogP contribution in [0.2, 0.25) is 0 Å². The number of carboxylic acids is 2. The summed E-state index contributed by atoms with van der Waals surface area (Å²) in [6.45, 7) is 3.94. The molecule has 0 aromatic carbocycles. The quantitative estimate of drug-likeness (QED) is 0.465. The van der Waals surface area contributed by atoms with Crippen LogP contribution in [0.3, 0.4) is 0 Å². The molecule has 0 aliphatic carbocycles. The minimum absolute atomic E-state index is 0.0101. The van der Waals surface area contributed by atoms with Gasteiger partial charge >= 0.3 is 24.3 Å². The SMILES string of the molecule is CS(=O)(=O)NCC1CCC2(CN(Cc3cccnc3)C2)OC1.O=C(O)C(F)(F)F.O=C(O)C(F)(F)F. The third-order valence-corrected chi connectivity index (χ3v) is 5.60. The summed E-state index contributed by atoms with van der Waals surface area (Å²) in [5.41, 5.74) is 1.22. The standard InChI is InChI=1S/C15H23N3O3S.2C2HF3O2/c1-22(19,20)17-8-14-4-5-15(21-10-14)11-18(12-15)9-13-3-2-6-16-7-13;2*3-2(4,5)1(6)7/h2-3,6-7,14,17H,4-5,8-12H2,1H3;2*(H,6,7). The van der Waals surface area contributed by atoms with Gasteiger partial charge in [0.25, 0.3) is 0 Å². The van der Waals surface area contributed by atoms with E-state index in [1.54, 1.807) is 6.20 Å². The van der Waals surface area contributed by atoms with E-state index >= 15 is 0 Å². The number of rotatable bonds is 5. The van der Waals surface area contributed by atoms with E-state index in [4.69, 9.17) is 24.5 Å². The van der Waals surface area contributed by atoms with Crippen molar-refractivity contribution < 1.29 is 59.3 Å². The van der Waals surface area contributed by atoms with E-state index in [-0.39, 0.29) is 11.5 Å². The Morgan fingerprint density at radius 2 is 1.69 bits per heavy atom. The second-order valence-electron chi connectivity index (χ2n) is 8.13. The van der Waals surface area contributed by atoms with Gasteiger partial charge < -0.3 is 14.9 Å². The van der Waals surface area contributed by atoms with E-state index in [1.165, 1.54) is 11.8 Å². The number of alkyl halides is 6. The Morgan fingerprint density at radius 3 is 2.06 bits per heavy atom. The minimum Gasteiger partial charge on any atom is -0.475 e. The van der Waals surface area contributed by atoms with Gasteiger partial charge in [-0.25, -0.2) is 22.7 Å². The van der Waals surface area contributed by atoms with Gasteiger partial charge in [-0.15, -0.1) is 0 Å². The molecule has 0 bridgehead atoms. The molecule has 3 N–H and O–H groups in total. The summed E-state index contributed by atoms with van der Waals surface area (Å²) in [7, 11) is -3.11. The highest BCUT2D eigenvalue weighted by Gasteiger charge is 2.46. The highest BCUT2D eigenvalue weighted by molar-refractivity contribution is 7.88. The lowest BCUT2D eigenvalue weighted by Gasteiger charge is -2.53. The fourth-order valence-electron chi connectivity index (χ4n) is 3.23. The Morgan fingerprint density at radius 1 is 1.17 bits per heavy atom. The molecule has 2 fully saturated rings. The topological polar surface area (TPSA) is 146 Å². The van der Waals surface area contributed by atoms with Gasteiger partial charge in [0.1, 0.15) is 0 Å². The number of nitrogens with zero attached hydrogens (tertiary/aromatic N) is 2. The molecule has 206 valence electrons. The molecule has 0 saturated carbocycles. The second-order valence-corrected chi connectivity index (χ2v) is 9.96. The van der Waals surface area contributed by atoms with Crippen molar-refractivity contribution in [2.24, 2.45) is 5.92 Å². The van der Waals surface area contributed by atoms with Gasteiger partial charge in [-0.05, 0) is 30.4 Å². The normalized spacial score (nSPS) is 19.7. The van der Waals surface area contributed by atoms with Gasteiger partial charge in [0.2, 0.25) is 10.0 Å². The van der Waals surface area contributed by atoms with Crippen LogP contribution in [0.25, 0.3) is 0 Å². The first-order valence-electron chi connectivity index (χ1n) is 10.1. The van der Waals surface area contributed by atoms with Crippen LogP contribution < -0.4 is 4.72 Å². The van der Waals surface area contributed by atoms with Gasteiger partial charge in [-0.2, -0.15) is 26.3 Å². The number of carboxylic acid groups (broad SMARTS) is 2. The van der Waals surface area contributed by atoms with E-state index in [0.717, 1.165) is 32.5 Å². The maximum absolute atomic E-state index is 11.1. The van der Waals surface area contributed by atoms with Crippen LogP contribution in [0, 0.1) is 5.92 Å². The van der Waals surface area contributed by atoms with Crippen molar-refractivity contribution in [2.45, 2.75) is 37.3 Å². The number of hydrogen-bond donors (Lipinski definition) is 3. The molecule has 1 atom stereocenters. The summed E-state index contributed by atoms with van der Waals surface area (Å²) in [6, 6.07) is 4.05. The molecule has 1 spiro atoms. The summed E-state index contributed by atoms with van der Waals surface area (Å²) in [5.74, 6) is -5.23. The fourth-order valence-corrected chi connectivity index (χ4v) is 3.77. The van der Waals surface area contributed by atoms with Crippen LogP contribution in [0.4, 0.5) is 26.3 Å². The minimum atomic E-state index is -5.08. The summed E-state index contributed by atoms with van der Waals surface area (Å²) in [4.78, 5) is 24.3. The van der Waals surface area contributed by atoms with Gasteiger partial charge in [-0.3, -0.25) is 9.88 Å². The number of likely N-dealkylation sites (tertiary alicyclic amines) is 1.